The van der Waals surface area contributed by atoms with Crippen LogP contribution in [-0.2, 0) is 11.2 Å². The molecule has 2 N–H and O–H groups in total. The van der Waals surface area contributed by atoms with Crippen LogP contribution in [0.1, 0.15) is 31.2 Å². The fourth-order valence-electron chi connectivity index (χ4n) is 2.64. The highest BCUT2D eigenvalue weighted by atomic mass is 16.5. The van der Waals surface area contributed by atoms with Gasteiger partial charge in [-0.2, -0.15) is 5.26 Å². The fraction of sp³-hybridized carbons (Fsp3) is 0.529. The van der Waals surface area contributed by atoms with E-state index in [2.05, 4.69) is 5.32 Å². The molecule has 0 spiro atoms. The summed E-state index contributed by atoms with van der Waals surface area (Å²) in [7, 11) is 1.61. The number of rotatable bonds is 7. The maximum Gasteiger partial charge on any atom is 0.263 e. The molecule has 23 heavy (non-hydrogen) atoms. The Morgan fingerprint density at radius 2 is 2.17 bits per heavy atom. The average molecular weight is 318 g/mol. The third-order valence-electron chi connectivity index (χ3n) is 3.91. The van der Waals surface area contributed by atoms with Gasteiger partial charge in [-0.1, -0.05) is 6.07 Å². The van der Waals surface area contributed by atoms with E-state index in [-0.39, 0.29) is 6.10 Å². The number of carbonyl (C=O) groups is 1. The van der Waals surface area contributed by atoms with Crippen LogP contribution in [0, 0.1) is 11.3 Å². The molecule has 1 atom stereocenters. The second-order valence-electron chi connectivity index (χ2n) is 5.58. The molecular formula is C17H22N2O4. The summed E-state index contributed by atoms with van der Waals surface area (Å²) in [6.07, 6.45) is 3.72. The van der Waals surface area contributed by atoms with Gasteiger partial charge in [0.2, 0.25) is 6.10 Å². The maximum atomic E-state index is 11.3. The van der Waals surface area contributed by atoms with E-state index in [1.54, 1.807) is 7.11 Å². The molecule has 1 saturated carbocycles. The highest BCUT2D eigenvalue weighted by Crippen LogP contribution is 2.32. The highest BCUT2D eigenvalue weighted by molar-refractivity contribution is 5.82. The summed E-state index contributed by atoms with van der Waals surface area (Å²) >= 11 is 0. The van der Waals surface area contributed by atoms with Crippen LogP contribution in [0.25, 0.3) is 0 Å². The van der Waals surface area contributed by atoms with Gasteiger partial charge in [-0.3, -0.25) is 4.79 Å². The highest BCUT2D eigenvalue weighted by Gasteiger charge is 2.18. The number of nitriles is 1. The maximum absolute atomic E-state index is 11.3. The molecule has 6 heteroatoms. The van der Waals surface area contributed by atoms with E-state index in [0.717, 1.165) is 24.2 Å². The van der Waals surface area contributed by atoms with Crippen molar-refractivity contribution in [1.29, 1.82) is 5.26 Å². The van der Waals surface area contributed by atoms with Crippen molar-refractivity contribution in [3.8, 4) is 17.6 Å². The molecule has 0 bridgehead atoms. The largest absolute Gasteiger partial charge is 0.493 e. The summed E-state index contributed by atoms with van der Waals surface area (Å²) in [6, 6.07) is 7.17. The first kappa shape index (κ1) is 17.1. The number of amides is 1. The molecular weight excluding hydrogens is 296 g/mol. The van der Waals surface area contributed by atoms with E-state index in [1.165, 1.54) is 18.9 Å². The van der Waals surface area contributed by atoms with E-state index in [0.29, 0.717) is 18.7 Å². The van der Waals surface area contributed by atoms with Crippen molar-refractivity contribution in [1.82, 2.24) is 5.32 Å². The Bertz CT molecular complexity index is 576. The van der Waals surface area contributed by atoms with E-state index in [4.69, 9.17) is 19.8 Å². The van der Waals surface area contributed by atoms with Crippen molar-refractivity contribution < 1.29 is 19.4 Å². The third-order valence-corrected chi connectivity index (χ3v) is 3.91. The van der Waals surface area contributed by atoms with E-state index < -0.39 is 12.0 Å². The SMILES string of the molecule is COc1ccc(CCNC(=O)C(O)C#N)cc1OC1CCCC1. The van der Waals surface area contributed by atoms with E-state index >= 15 is 0 Å². The van der Waals surface area contributed by atoms with Gasteiger partial charge in [0.05, 0.1) is 13.2 Å². The van der Waals surface area contributed by atoms with Gasteiger partial charge >= 0.3 is 0 Å². The lowest BCUT2D eigenvalue weighted by Gasteiger charge is -2.17. The normalized spacial score (nSPS) is 15.7. The predicted molar refractivity (Wildman–Crippen MR) is 84.2 cm³/mol. The molecule has 0 radical (unpaired) electrons. The smallest absolute Gasteiger partial charge is 0.263 e. The third kappa shape index (κ3) is 4.86. The summed E-state index contributed by atoms with van der Waals surface area (Å²) in [5.41, 5.74) is 0.991. The van der Waals surface area contributed by atoms with Gasteiger partial charge in [0.15, 0.2) is 11.5 Å². The van der Waals surface area contributed by atoms with Crippen molar-refractivity contribution in [3.05, 3.63) is 23.8 Å². The first-order chi connectivity index (χ1) is 11.1. The van der Waals surface area contributed by atoms with Crippen LogP contribution < -0.4 is 14.8 Å². The summed E-state index contributed by atoms with van der Waals surface area (Å²) in [4.78, 5) is 11.3. The molecule has 2 rings (SSSR count). The predicted octanol–water partition coefficient (Wildman–Crippen LogP) is 1.56. The van der Waals surface area contributed by atoms with Gasteiger partial charge in [-0.15, -0.1) is 0 Å². The van der Waals surface area contributed by atoms with Crippen LogP contribution in [0.5, 0.6) is 11.5 Å². The number of benzene rings is 1. The number of carbonyl (C=O) groups excluding carboxylic acids is 1. The summed E-state index contributed by atoms with van der Waals surface area (Å²) < 4.78 is 11.4. The van der Waals surface area contributed by atoms with Crippen molar-refractivity contribution in [2.75, 3.05) is 13.7 Å². The van der Waals surface area contributed by atoms with Crippen molar-refractivity contribution >= 4 is 5.91 Å². The zero-order chi connectivity index (χ0) is 16.7. The number of hydrogen-bond donors (Lipinski definition) is 2. The van der Waals surface area contributed by atoms with Crippen LogP contribution in [0.3, 0.4) is 0 Å². The Hall–Kier alpha value is -2.26. The monoisotopic (exact) mass is 318 g/mol. The van der Waals surface area contributed by atoms with Gasteiger partial charge in [0, 0.05) is 6.54 Å². The number of hydrogen-bond acceptors (Lipinski definition) is 5. The molecule has 1 amide bonds. The number of ether oxygens (including phenoxy) is 2. The van der Waals surface area contributed by atoms with Crippen LogP contribution in [-0.4, -0.2) is 36.9 Å². The molecule has 1 aliphatic carbocycles. The molecule has 6 nitrogen and oxygen atoms in total. The first-order valence-corrected chi connectivity index (χ1v) is 7.83. The molecule has 1 fully saturated rings. The number of methoxy groups -OCH3 is 1. The lowest BCUT2D eigenvalue weighted by molar-refractivity contribution is -0.126. The van der Waals surface area contributed by atoms with Crippen LogP contribution in [0.2, 0.25) is 0 Å². The molecule has 0 saturated heterocycles. The fourth-order valence-corrected chi connectivity index (χ4v) is 2.64. The van der Waals surface area contributed by atoms with Crippen LogP contribution in [0.4, 0.5) is 0 Å². The standard InChI is InChI=1S/C17H22N2O4/c1-22-15-7-6-12(8-9-19-17(21)14(20)11-18)10-16(15)23-13-4-2-3-5-13/h6-7,10,13-14,20H,2-5,8-9H2,1H3,(H,19,21). The topological polar surface area (TPSA) is 91.6 Å². The van der Waals surface area contributed by atoms with Gasteiger partial charge in [0.25, 0.3) is 5.91 Å². The summed E-state index contributed by atoms with van der Waals surface area (Å²) in [6.45, 7) is 0.340. The number of aliphatic hydroxyl groups is 1. The lowest BCUT2D eigenvalue weighted by Crippen LogP contribution is -2.34. The zero-order valence-electron chi connectivity index (χ0n) is 13.2. The Labute approximate surface area is 136 Å². The Morgan fingerprint density at radius 1 is 1.43 bits per heavy atom. The molecule has 1 aliphatic rings. The minimum Gasteiger partial charge on any atom is -0.493 e. The lowest BCUT2D eigenvalue weighted by atomic mass is 10.1. The van der Waals surface area contributed by atoms with Crippen LogP contribution >= 0.6 is 0 Å². The number of nitrogens with one attached hydrogen (secondary N) is 1. The van der Waals surface area contributed by atoms with Crippen LogP contribution in [0.15, 0.2) is 18.2 Å². The molecule has 124 valence electrons. The Kier molecular flexibility index (Phi) is 6.24. The number of aliphatic hydroxyl groups excluding tert-OH is 1. The number of nitrogens with zero attached hydrogens (tertiary/aromatic N) is 1. The van der Waals surface area contributed by atoms with Gasteiger partial charge in [-0.25, -0.2) is 0 Å². The van der Waals surface area contributed by atoms with Crippen molar-refractivity contribution in [2.24, 2.45) is 0 Å². The molecule has 0 aromatic heterocycles. The quantitative estimate of drug-likeness (QED) is 0.744. The first-order valence-electron chi connectivity index (χ1n) is 7.83. The van der Waals surface area contributed by atoms with Gasteiger partial charge in [0.1, 0.15) is 6.07 Å². The summed E-state index contributed by atoms with van der Waals surface area (Å²) in [5.74, 6) is 0.744. The second kappa shape index (κ2) is 8.39. The molecule has 0 aliphatic heterocycles. The Balaban J connectivity index is 1.94. The minimum atomic E-state index is -1.62. The Morgan fingerprint density at radius 3 is 2.83 bits per heavy atom. The molecule has 1 aromatic carbocycles. The second-order valence-corrected chi connectivity index (χ2v) is 5.58. The molecule has 1 aromatic rings. The molecule has 1 unspecified atom stereocenters. The average Bonchev–Trinajstić information content (AvgIpc) is 3.07. The molecule has 0 heterocycles. The minimum absolute atomic E-state index is 0.240. The van der Waals surface area contributed by atoms with E-state index in [1.807, 2.05) is 18.2 Å². The van der Waals surface area contributed by atoms with E-state index in [9.17, 15) is 4.79 Å². The zero-order valence-corrected chi connectivity index (χ0v) is 13.2. The summed E-state index contributed by atoms with van der Waals surface area (Å²) in [5, 5.41) is 20.1. The van der Waals surface area contributed by atoms with Crippen molar-refractivity contribution in [3.63, 3.8) is 0 Å². The van der Waals surface area contributed by atoms with Crippen molar-refractivity contribution in [2.45, 2.75) is 44.3 Å². The van der Waals surface area contributed by atoms with Gasteiger partial charge < -0.3 is 19.9 Å². The van der Waals surface area contributed by atoms with Gasteiger partial charge in [-0.05, 0) is 49.8 Å².